The maximum Gasteiger partial charge on any atom is 0.243 e. The number of carbonyl (C=O) groups excluding carboxylic acids is 1. The number of rotatable bonds is 7. The Labute approximate surface area is 180 Å². The SMILES string of the molecule is C=C(CC)Nc1ccc(C#N)cn1.NC(=O)COC1(c2ccc(Cl)c(Cl)c2)CC1. The number of nitrogens with one attached hydrogen (secondary N) is 1. The maximum absolute atomic E-state index is 10.7. The van der Waals surface area contributed by atoms with Crippen molar-refractivity contribution in [2.45, 2.75) is 31.8 Å². The number of pyridine rings is 1. The van der Waals surface area contributed by atoms with Gasteiger partial charge in [-0.3, -0.25) is 4.79 Å². The molecule has 1 aromatic heterocycles. The highest BCUT2D eigenvalue weighted by molar-refractivity contribution is 6.42. The van der Waals surface area contributed by atoms with E-state index in [1.54, 1.807) is 24.3 Å². The van der Waals surface area contributed by atoms with Crippen molar-refractivity contribution in [3.8, 4) is 6.07 Å². The molecule has 1 heterocycles. The molecule has 1 aliphatic carbocycles. The van der Waals surface area contributed by atoms with Crippen LogP contribution in [0.1, 0.15) is 37.3 Å². The van der Waals surface area contributed by atoms with Crippen LogP contribution in [0.5, 0.6) is 0 Å². The van der Waals surface area contributed by atoms with E-state index in [0.29, 0.717) is 15.6 Å². The summed E-state index contributed by atoms with van der Waals surface area (Å²) in [6, 6.07) is 10.9. The first-order valence-corrected chi connectivity index (χ1v) is 9.74. The molecule has 152 valence electrons. The number of benzene rings is 1. The second kappa shape index (κ2) is 10.3. The lowest BCUT2D eigenvalue weighted by Crippen LogP contribution is -2.23. The quantitative estimate of drug-likeness (QED) is 0.655. The molecule has 0 spiro atoms. The predicted octanol–water partition coefficient (Wildman–Crippen LogP) is 4.77. The van der Waals surface area contributed by atoms with Crippen LogP contribution >= 0.6 is 23.2 Å². The third kappa shape index (κ3) is 6.75. The number of anilines is 1. The zero-order valence-corrected chi connectivity index (χ0v) is 17.6. The van der Waals surface area contributed by atoms with Gasteiger partial charge in [-0.15, -0.1) is 0 Å². The molecule has 3 rings (SSSR count). The molecular formula is C21H22Cl2N4O2. The number of halogens is 2. The molecule has 29 heavy (non-hydrogen) atoms. The van der Waals surface area contributed by atoms with Crippen LogP contribution in [0.15, 0.2) is 48.8 Å². The number of nitriles is 1. The predicted molar refractivity (Wildman–Crippen MR) is 115 cm³/mol. The summed E-state index contributed by atoms with van der Waals surface area (Å²) in [5, 5.41) is 12.6. The molecule has 6 nitrogen and oxygen atoms in total. The molecule has 0 saturated heterocycles. The van der Waals surface area contributed by atoms with E-state index in [1.807, 2.05) is 19.1 Å². The molecule has 1 aromatic carbocycles. The number of aromatic nitrogens is 1. The standard InChI is InChI=1S/C11H11Cl2NO2.C10H11N3/c12-8-2-1-7(5-9(8)13)11(3-4-11)16-6-10(14)15;1-3-8(2)13-10-5-4-9(6-11)7-12-10/h1-2,5H,3-4,6H2,(H2,14,15);4-5,7H,2-3H2,1H3,(H,12,13). The van der Waals surface area contributed by atoms with Gasteiger partial charge >= 0.3 is 0 Å². The number of ether oxygens (including phenoxy) is 1. The van der Waals surface area contributed by atoms with Gasteiger partial charge in [0.05, 0.1) is 21.2 Å². The zero-order chi connectivity index (χ0) is 21.4. The van der Waals surface area contributed by atoms with Gasteiger partial charge in [-0.1, -0.05) is 42.8 Å². The first-order valence-electron chi connectivity index (χ1n) is 8.98. The normalized spacial score (nSPS) is 13.4. The van der Waals surface area contributed by atoms with Gasteiger partial charge in [-0.2, -0.15) is 5.26 Å². The fourth-order valence-corrected chi connectivity index (χ4v) is 2.72. The number of hydrogen-bond acceptors (Lipinski definition) is 5. The molecule has 0 bridgehead atoms. The van der Waals surface area contributed by atoms with Crippen molar-refractivity contribution in [1.29, 1.82) is 5.26 Å². The fourth-order valence-electron chi connectivity index (χ4n) is 2.42. The number of hydrogen-bond donors (Lipinski definition) is 2. The van der Waals surface area contributed by atoms with Gasteiger partial charge in [0.2, 0.25) is 5.91 Å². The Balaban J connectivity index is 0.000000212. The smallest absolute Gasteiger partial charge is 0.243 e. The first kappa shape index (κ1) is 22.7. The third-order valence-corrected chi connectivity index (χ3v) is 5.00. The summed E-state index contributed by atoms with van der Waals surface area (Å²) in [4.78, 5) is 14.7. The van der Waals surface area contributed by atoms with Gasteiger partial charge in [0.1, 0.15) is 18.5 Å². The number of allylic oxidation sites excluding steroid dienone is 1. The van der Waals surface area contributed by atoms with Crippen LogP contribution in [0.4, 0.5) is 5.82 Å². The van der Waals surface area contributed by atoms with E-state index < -0.39 is 5.91 Å². The van der Waals surface area contributed by atoms with E-state index in [4.69, 9.17) is 38.9 Å². The topological polar surface area (TPSA) is 101 Å². The van der Waals surface area contributed by atoms with E-state index in [-0.39, 0.29) is 12.2 Å². The van der Waals surface area contributed by atoms with Gasteiger partial charge in [-0.05, 0) is 49.1 Å². The first-order chi connectivity index (χ1) is 13.8. The van der Waals surface area contributed by atoms with Crippen molar-refractivity contribution in [1.82, 2.24) is 4.98 Å². The Morgan fingerprint density at radius 1 is 1.34 bits per heavy atom. The Morgan fingerprint density at radius 2 is 2.07 bits per heavy atom. The molecule has 0 radical (unpaired) electrons. The van der Waals surface area contributed by atoms with Crippen molar-refractivity contribution in [3.63, 3.8) is 0 Å². The highest BCUT2D eigenvalue weighted by Gasteiger charge is 2.46. The minimum Gasteiger partial charge on any atom is -0.368 e. The number of carbonyl (C=O) groups is 1. The second-order valence-electron chi connectivity index (χ2n) is 6.50. The average Bonchev–Trinajstić information content (AvgIpc) is 3.51. The molecule has 2 aromatic rings. The van der Waals surface area contributed by atoms with Crippen LogP contribution in [0.2, 0.25) is 10.0 Å². The molecule has 3 N–H and O–H groups in total. The van der Waals surface area contributed by atoms with E-state index >= 15 is 0 Å². The summed E-state index contributed by atoms with van der Waals surface area (Å²) < 4.78 is 5.51. The van der Waals surface area contributed by atoms with Crippen LogP contribution in [0, 0.1) is 11.3 Å². The summed E-state index contributed by atoms with van der Waals surface area (Å²) in [7, 11) is 0. The molecular weight excluding hydrogens is 411 g/mol. The molecule has 1 fully saturated rings. The second-order valence-corrected chi connectivity index (χ2v) is 7.32. The fraction of sp³-hybridized carbons (Fsp3) is 0.286. The lowest BCUT2D eigenvalue weighted by molar-refractivity contribution is -0.125. The van der Waals surface area contributed by atoms with Crippen molar-refractivity contribution < 1.29 is 9.53 Å². The summed E-state index contributed by atoms with van der Waals surface area (Å²) >= 11 is 11.8. The monoisotopic (exact) mass is 432 g/mol. The van der Waals surface area contributed by atoms with E-state index in [9.17, 15) is 4.79 Å². The molecule has 0 unspecified atom stereocenters. The van der Waals surface area contributed by atoms with Crippen molar-refractivity contribution >= 4 is 34.9 Å². The lowest BCUT2D eigenvalue weighted by atomic mass is 10.1. The molecule has 1 saturated carbocycles. The van der Waals surface area contributed by atoms with Crippen LogP contribution in [0.25, 0.3) is 0 Å². The van der Waals surface area contributed by atoms with Crippen molar-refractivity contribution in [3.05, 3.63) is 70.0 Å². The summed E-state index contributed by atoms with van der Waals surface area (Å²) in [5.74, 6) is 0.261. The van der Waals surface area contributed by atoms with Crippen LogP contribution in [0.3, 0.4) is 0 Å². The van der Waals surface area contributed by atoms with Crippen LogP contribution in [-0.2, 0) is 15.1 Å². The van der Waals surface area contributed by atoms with Gasteiger partial charge < -0.3 is 15.8 Å². The Morgan fingerprint density at radius 3 is 2.55 bits per heavy atom. The Hall–Kier alpha value is -2.59. The van der Waals surface area contributed by atoms with E-state index in [0.717, 1.165) is 36.3 Å². The van der Waals surface area contributed by atoms with Gasteiger partial charge in [0.25, 0.3) is 0 Å². The number of primary amides is 1. The summed E-state index contributed by atoms with van der Waals surface area (Å²) in [6.07, 6.45) is 4.14. The number of nitrogens with zero attached hydrogens (tertiary/aromatic N) is 2. The molecule has 1 amide bonds. The van der Waals surface area contributed by atoms with Crippen LogP contribution in [-0.4, -0.2) is 17.5 Å². The van der Waals surface area contributed by atoms with Crippen LogP contribution < -0.4 is 11.1 Å². The minimum absolute atomic E-state index is 0.0692. The third-order valence-electron chi connectivity index (χ3n) is 4.26. The zero-order valence-electron chi connectivity index (χ0n) is 16.0. The Bertz CT molecular complexity index is 919. The molecule has 8 heteroatoms. The lowest BCUT2D eigenvalue weighted by Gasteiger charge is -2.16. The number of amides is 1. The maximum atomic E-state index is 10.7. The number of nitrogens with two attached hydrogens (primary N) is 1. The molecule has 0 aliphatic heterocycles. The minimum atomic E-state index is -0.466. The summed E-state index contributed by atoms with van der Waals surface area (Å²) in [6.45, 7) is 5.74. The van der Waals surface area contributed by atoms with E-state index in [2.05, 4.69) is 16.9 Å². The average molecular weight is 433 g/mol. The van der Waals surface area contributed by atoms with Gasteiger partial charge in [-0.25, -0.2) is 4.98 Å². The highest BCUT2D eigenvalue weighted by Crippen LogP contribution is 2.50. The largest absolute Gasteiger partial charge is 0.368 e. The van der Waals surface area contributed by atoms with Crippen molar-refractivity contribution in [2.75, 3.05) is 11.9 Å². The molecule has 1 aliphatic rings. The molecule has 0 atom stereocenters. The Kier molecular flexibility index (Phi) is 8.03. The van der Waals surface area contributed by atoms with Crippen molar-refractivity contribution in [2.24, 2.45) is 5.73 Å². The van der Waals surface area contributed by atoms with E-state index in [1.165, 1.54) is 6.20 Å². The van der Waals surface area contributed by atoms with Gasteiger partial charge in [0.15, 0.2) is 0 Å². The highest BCUT2D eigenvalue weighted by atomic mass is 35.5. The summed E-state index contributed by atoms with van der Waals surface area (Å²) in [5.41, 5.74) is 7.09. The van der Waals surface area contributed by atoms with Gasteiger partial charge in [0, 0.05) is 11.9 Å².